The first-order valence-electron chi connectivity index (χ1n) is 6.37. The summed E-state index contributed by atoms with van der Waals surface area (Å²) < 4.78 is 5.22. The van der Waals surface area contributed by atoms with E-state index in [9.17, 15) is 4.79 Å². The second kappa shape index (κ2) is 6.45. The van der Waals surface area contributed by atoms with Gasteiger partial charge in [0.1, 0.15) is 5.76 Å². The van der Waals surface area contributed by atoms with Crippen molar-refractivity contribution in [2.24, 2.45) is 5.92 Å². The summed E-state index contributed by atoms with van der Waals surface area (Å²) in [6.45, 7) is 2.66. The van der Waals surface area contributed by atoms with Gasteiger partial charge in [0.15, 0.2) is 0 Å². The zero-order valence-electron chi connectivity index (χ0n) is 10.1. The molecule has 1 aliphatic rings. The van der Waals surface area contributed by atoms with E-state index in [1.807, 2.05) is 12.1 Å². The number of carbonyl (C=O) groups excluding carboxylic acids is 1. The minimum atomic E-state index is 0.182. The maximum Gasteiger partial charge on any atom is 0.223 e. The van der Waals surface area contributed by atoms with Crippen LogP contribution < -0.4 is 10.6 Å². The molecule has 0 bridgehead atoms. The molecule has 0 unspecified atom stereocenters. The van der Waals surface area contributed by atoms with Crippen molar-refractivity contribution in [3.63, 3.8) is 0 Å². The number of carbonyl (C=O) groups is 1. The van der Waals surface area contributed by atoms with Crippen molar-refractivity contribution in [1.82, 2.24) is 10.6 Å². The van der Waals surface area contributed by atoms with E-state index in [0.29, 0.717) is 6.54 Å². The largest absolute Gasteiger partial charge is 0.469 e. The van der Waals surface area contributed by atoms with Crippen LogP contribution in [-0.4, -0.2) is 25.5 Å². The van der Waals surface area contributed by atoms with Crippen molar-refractivity contribution in [2.45, 2.75) is 25.7 Å². The van der Waals surface area contributed by atoms with E-state index in [2.05, 4.69) is 10.6 Å². The van der Waals surface area contributed by atoms with E-state index in [-0.39, 0.29) is 11.8 Å². The van der Waals surface area contributed by atoms with Crippen molar-refractivity contribution in [3.8, 4) is 0 Å². The minimum Gasteiger partial charge on any atom is -0.469 e. The highest BCUT2D eigenvalue weighted by atomic mass is 16.3. The van der Waals surface area contributed by atoms with E-state index in [4.69, 9.17) is 4.42 Å². The second-order valence-corrected chi connectivity index (χ2v) is 4.50. The molecule has 1 amide bonds. The van der Waals surface area contributed by atoms with Crippen LogP contribution in [0.4, 0.5) is 0 Å². The topological polar surface area (TPSA) is 54.3 Å². The molecule has 2 rings (SSSR count). The van der Waals surface area contributed by atoms with Gasteiger partial charge in [-0.3, -0.25) is 4.79 Å². The van der Waals surface area contributed by atoms with Crippen LogP contribution in [0.15, 0.2) is 22.8 Å². The van der Waals surface area contributed by atoms with E-state index >= 15 is 0 Å². The summed E-state index contributed by atoms with van der Waals surface area (Å²) in [5.41, 5.74) is 0. The monoisotopic (exact) mass is 236 g/mol. The summed E-state index contributed by atoms with van der Waals surface area (Å²) >= 11 is 0. The van der Waals surface area contributed by atoms with Gasteiger partial charge in [-0.2, -0.15) is 0 Å². The maximum absolute atomic E-state index is 11.9. The quantitative estimate of drug-likeness (QED) is 0.829. The number of nitrogens with one attached hydrogen (secondary N) is 2. The lowest BCUT2D eigenvalue weighted by atomic mass is 10.00. The van der Waals surface area contributed by atoms with Crippen molar-refractivity contribution < 1.29 is 9.21 Å². The molecular formula is C13H20N2O2. The Kier molecular flexibility index (Phi) is 4.62. The van der Waals surface area contributed by atoms with Gasteiger partial charge in [-0.1, -0.05) is 0 Å². The van der Waals surface area contributed by atoms with Crippen LogP contribution in [0.5, 0.6) is 0 Å². The molecule has 1 aliphatic heterocycles. The third-order valence-electron chi connectivity index (χ3n) is 3.20. The van der Waals surface area contributed by atoms with Gasteiger partial charge in [0, 0.05) is 18.9 Å². The summed E-state index contributed by atoms with van der Waals surface area (Å²) in [6, 6.07) is 3.80. The first kappa shape index (κ1) is 12.2. The number of amides is 1. The zero-order valence-corrected chi connectivity index (χ0v) is 10.1. The molecule has 1 atom stereocenters. The SMILES string of the molecule is O=C(NCCc1ccco1)[C@@H]1CCCNCC1. The first-order chi connectivity index (χ1) is 8.36. The summed E-state index contributed by atoms with van der Waals surface area (Å²) in [4.78, 5) is 11.9. The molecule has 0 radical (unpaired) electrons. The van der Waals surface area contributed by atoms with E-state index in [1.54, 1.807) is 6.26 Å². The Morgan fingerprint density at radius 2 is 2.41 bits per heavy atom. The number of rotatable bonds is 4. The Hall–Kier alpha value is -1.29. The van der Waals surface area contributed by atoms with Crippen LogP contribution in [0, 0.1) is 5.92 Å². The molecule has 4 heteroatoms. The highest BCUT2D eigenvalue weighted by Crippen LogP contribution is 2.13. The Balaban J connectivity index is 1.69. The van der Waals surface area contributed by atoms with Crippen molar-refractivity contribution >= 4 is 5.91 Å². The van der Waals surface area contributed by atoms with Crippen LogP contribution in [0.3, 0.4) is 0 Å². The van der Waals surface area contributed by atoms with Gasteiger partial charge < -0.3 is 15.1 Å². The normalized spacial score (nSPS) is 20.8. The number of hydrogen-bond donors (Lipinski definition) is 2. The van der Waals surface area contributed by atoms with Gasteiger partial charge >= 0.3 is 0 Å². The minimum absolute atomic E-state index is 0.182. The van der Waals surface area contributed by atoms with Crippen LogP contribution in [-0.2, 0) is 11.2 Å². The average Bonchev–Trinajstić information content (AvgIpc) is 2.69. The maximum atomic E-state index is 11.9. The molecule has 2 N–H and O–H groups in total. The Bertz CT molecular complexity index is 327. The molecular weight excluding hydrogens is 216 g/mol. The highest BCUT2D eigenvalue weighted by molar-refractivity contribution is 5.78. The lowest BCUT2D eigenvalue weighted by molar-refractivity contribution is -0.125. The van der Waals surface area contributed by atoms with Crippen molar-refractivity contribution in [3.05, 3.63) is 24.2 Å². The van der Waals surface area contributed by atoms with E-state index < -0.39 is 0 Å². The summed E-state index contributed by atoms with van der Waals surface area (Å²) in [5, 5.41) is 6.31. The van der Waals surface area contributed by atoms with E-state index in [1.165, 1.54) is 0 Å². The molecule has 0 aliphatic carbocycles. The highest BCUT2D eigenvalue weighted by Gasteiger charge is 2.19. The Labute approximate surface area is 102 Å². The van der Waals surface area contributed by atoms with Crippen molar-refractivity contribution in [1.29, 1.82) is 0 Å². The Morgan fingerprint density at radius 3 is 3.24 bits per heavy atom. The molecule has 0 aromatic carbocycles. The predicted molar refractivity (Wildman–Crippen MR) is 65.6 cm³/mol. The molecule has 1 aromatic rings. The lowest BCUT2D eigenvalue weighted by Crippen LogP contribution is -2.32. The second-order valence-electron chi connectivity index (χ2n) is 4.50. The van der Waals surface area contributed by atoms with Crippen LogP contribution in [0.25, 0.3) is 0 Å². The Morgan fingerprint density at radius 1 is 1.47 bits per heavy atom. The number of furan rings is 1. The average molecular weight is 236 g/mol. The summed E-state index contributed by atoms with van der Waals surface area (Å²) in [7, 11) is 0. The van der Waals surface area contributed by atoms with Gasteiger partial charge in [0.05, 0.1) is 6.26 Å². The third kappa shape index (κ3) is 3.89. The molecule has 4 nitrogen and oxygen atoms in total. The molecule has 0 spiro atoms. The van der Waals surface area contributed by atoms with Crippen LogP contribution >= 0.6 is 0 Å². The lowest BCUT2D eigenvalue weighted by Gasteiger charge is -2.13. The zero-order chi connectivity index (χ0) is 11.9. The van der Waals surface area contributed by atoms with Crippen LogP contribution in [0.1, 0.15) is 25.0 Å². The van der Waals surface area contributed by atoms with Gasteiger partial charge in [0.2, 0.25) is 5.91 Å². The molecule has 0 saturated carbocycles. The fraction of sp³-hybridized carbons (Fsp3) is 0.615. The van der Waals surface area contributed by atoms with Gasteiger partial charge in [-0.25, -0.2) is 0 Å². The number of hydrogen-bond acceptors (Lipinski definition) is 3. The summed E-state index contributed by atoms with van der Waals surface area (Å²) in [6.07, 6.45) is 5.47. The molecule has 94 valence electrons. The molecule has 2 heterocycles. The van der Waals surface area contributed by atoms with Gasteiger partial charge in [-0.05, 0) is 44.5 Å². The van der Waals surface area contributed by atoms with Crippen LogP contribution in [0.2, 0.25) is 0 Å². The van der Waals surface area contributed by atoms with Gasteiger partial charge in [-0.15, -0.1) is 0 Å². The molecule has 1 aromatic heterocycles. The van der Waals surface area contributed by atoms with Gasteiger partial charge in [0.25, 0.3) is 0 Å². The standard InChI is InChI=1S/C13H20N2O2/c16-13(11-3-1-7-14-8-5-11)15-9-6-12-4-2-10-17-12/h2,4,10-11,14H,1,3,5-9H2,(H,15,16)/t11-/m1/s1. The molecule has 1 saturated heterocycles. The van der Waals surface area contributed by atoms with E-state index in [0.717, 1.165) is 44.5 Å². The third-order valence-corrected chi connectivity index (χ3v) is 3.20. The molecule has 1 fully saturated rings. The fourth-order valence-electron chi connectivity index (χ4n) is 2.19. The molecule has 17 heavy (non-hydrogen) atoms. The fourth-order valence-corrected chi connectivity index (χ4v) is 2.19. The van der Waals surface area contributed by atoms with Crippen molar-refractivity contribution in [2.75, 3.05) is 19.6 Å². The summed E-state index contributed by atoms with van der Waals surface area (Å²) in [5.74, 6) is 1.30. The predicted octanol–water partition coefficient (Wildman–Crippen LogP) is 1.33. The smallest absolute Gasteiger partial charge is 0.223 e. The first-order valence-corrected chi connectivity index (χ1v) is 6.37.